The van der Waals surface area contributed by atoms with Gasteiger partial charge in [-0.1, -0.05) is 30.3 Å². The molecule has 0 radical (unpaired) electrons. The maximum absolute atomic E-state index is 13.1. The second-order valence-corrected chi connectivity index (χ2v) is 3.68. The van der Waals surface area contributed by atoms with E-state index in [2.05, 4.69) is 0 Å². The molecule has 2 rings (SSSR count). The molecule has 2 aromatic carbocycles. The molecule has 0 heterocycles. The zero-order valence-corrected chi connectivity index (χ0v) is 9.40. The highest BCUT2D eigenvalue weighted by atomic mass is 19.1. The van der Waals surface area contributed by atoms with Crippen molar-refractivity contribution in [3.05, 3.63) is 54.4 Å². The zero-order valence-electron chi connectivity index (χ0n) is 9.40. The van der Waals surface area contributed by atoms with E-state index in [-0.39, 0.29) is 19.0 Å². The van der Waals surface area contributed by atoms with Crippen LogP contribution < -0.4 is 10.5 Å². The third kappa shape index (κ3) is 3.04. The van der Waals surface area contributed by atoms with E-state index in [9.17, 15) is 4.39 Å². The predicted octanol–water partition coefficient (Wildman–Crippen LogP) is 3.03. The van der Waals surface area contributed by atoms with Crippen molar-refractivity contribution < 1.29 is 9.13 Å². The lowest BCUT2D eigenvalue weighted by atomic mass is 10.1. The molecule has 0 fully saturated rings. The molecule has 0 aliphatic carbocycles. The summed E-state index contributed by atoms with van der Waals surface area (Å²) in [7, 11) is 0. The second-order valence-electron chi connectivity index (χ2n) is 3.68. The highest BCUT2D eigenvalue weighted by Crippen LogP contribution is 2.20. The minimum atomic E-state index is -0.347. The van der Waals surface area contributed by atoms with Gasteiger partial charge in [-0.3, -0.25) is 0 Å². The normalized spacial score (nSPS) is 11.8. The van der Waals surface area contributed by atoms with Crippen LogP contribution in [-0.4, -0.2) is 13.2 Å². The Labute approximate surface area is 99.5 Å². The minimum Gasteiger partial charge on any atom is -0.486 e. The fourth-order valence-electron chi connectivity index (χ4n) is 1.60. The van der Waals surface area contributed by atoms with Crippen molar-refractivity contribution in [2.45, 2.75) is 0 Å². The van der Waals surface area contributed by atoms with Crippen molar-refractivity contribution in [3.8, 4) is 5.75 Å². The van der Waals surface area contributed by atoms with Crippen molar-refractivity contribution in [2.75, 3.05) is 13.2 Å². The van der Waals surface area contributed by atoms with E-state index in [1.165, 1.54) is 6.08 Å². The van der Waals surface area contributed by atoms with Gasteiger partial charge in [0.25, 0.3) is 0 Å². The van der Waals surface area contributed by atoms with Crippen LogP contribution in [0.2, 0.25) is 0 Å². The summed E-state index contributed by atoms with van der Waals surface area (Å²) in [6.07, 6.45) is 1.31. The largest absolute Gasteiger partial charge is 0.486 e. The molecule has 17 heavy (non-hydrogen) atoms. The molecule has 3 heteroatoms. The number of hydrogen-bond acceptors (Lipinski definition) is 2. The molecule has 0 aliphatic rings. The summed E-state index contributed by atoms with van der Waals surface area (Å²) in [5.74, 6) is 0.310. The first-order chi connectivity index (χ1) is 8.29. The molecule has 0 spiro atoms. The van der Waals surface area contributed by atoms with Crippen LogP contribution in [0.25, 0.3) is 10.8 Å². The third-order valence-electron chi connectivity index (χ3n) is 2.44. The Morgan fingerprint density at radius 1 is 1.18 bits per heavy atom. The summed E-state index contributed by atoms with van der Waals surface area (Å²) in [5, 5.41) is 2.21. The van der Waals surface area contributed by atoms with E-state index < -0.39 is 0 Å². The lowest BCUT2D eigenvalue weighted by Gasteiger charge is -2.06. The Balaban J connectivity index is 2.12. The highest BCUT2D eigenvalue weighted by Gasteiger charge is 1.99. The highest BCUT2D eigenvalue weighted by molar-refractivity contribution is 5.83. The summed E-state index contributed by atoms with van der Waals surface area (Å²) < 4.78 is 18.4. The van der Waals surface area contributed by atoms with Gasteiger partial charge in [0.05, 0.1) is 0 Å². The first-order valence-corrected chi connectivity index (χ1v) is 5.46. The summed E-state index contributed by atoms with van der Waals surface area (Å²) >= 11 is 0. The molecular weight excluding hydrogens is 217 g/mol. The molecule has 0 aromatic heterocycles. The maximum atomic E-state index is 13.1. The first kappa shape index (κ1) is 11.6. The molecule has 0 amide bonds. The van der Waals surface area contributed by atoms with Gasteiger partial charge < -0.3 is 10.5 Å². The number of nitrogens with two attached hydrogens (primary N) is 1. The van der Waals surface area contributed by atoms with Gasteiger partial charge in [-0.25, -0.2) is 4.39 Å². The van der Waals surface area contributed by atoms with Crippen molar-refractivity contribution in [2.24, 2.45) is 5.73 Å². The number of fused-ring (bicyclic) bond motifs is 1. The average molecular weight is 231 g/mol. The summed E-state index contributed by atoms with van der Waals surface area (Å²) in [6.45, 7) is 0.114. The SMILES string of the molecule is NC/C=C(\F)COc1ccc2ccccc2c1. The number of benzene rings is 2. The van der Waals surface area contributed by atoms with Crippen LogP contribution in [0, 0.1) is 0 Å². The van der Waals surface area contributed by atoms with Gasteiger partial charge in [-0.05, 0) is 29.0 Å². The molecule has 0 atom stereocenters. The van der Waals surface area contributed by atoms with Gasteiger partial charge in [0.1, 0.15) is 18.2 Å². The quantitative estimate of drug-likeness (QED) is 0.877. The molecule has 0 saturated heterocycles. The van der Waals surface area contributed by atoms with Crippen LogP contribution in [0.1, 0.15) is 0 Å². The van der Waals surface area contributed by atoms with Crippen molar-refractivity contribution in [3.63, 3.8) is 0 Å². The van der Waals surface area contributed by atoms with E-state index in [1.54, 1.807) is 0 Å². The molecule has 2 aromatic rings. The summed E-state index contributed by atoms with van der Waals surface area (Å²) in [5.41, 5.74) is 5.20. The fraction of sp³-hybridized carbons (Fsp3) is 0.143. The van der Waals surface area contributed by atoms with Gasteiger partial charge in [-0.2, -0.15) is 0 Å². The number of ether oxygens (including phenoxy) is 1. The van der Waals surface area contributed by atoms with Crippen LogP contribution in [0.5, 0.6) is 5.75 Å². The van der Waals surface area contributed by atoms with Crippen LogP contribution in [-0.2, 0) is 0 Å². The summed E-state index contributed by atoms with van der Waals surface area (Å²) in [6, 6.07) is 13.6. The van der Waals surface area contributed by atoms with Crippen LogP contribution in [0.15, 0.2) is 54.4 Å². The Morgan fingerprint density at radius 2 is 1.94 bits per heavy atom. The number of rotatable bonds is 4. The Kier molecular flexibility index (Phi) is 3.73. The molecule has 0 saturated carbocycles. The zero-order chi connectivity index (χ0) is 12.1. The average Bonchev–Trinajstić information content (AvgIpc) is 2.36. The van der Waals surface area contributed by atoms with E-state index in [0.29, 0.717) is 5.75 Å². The van der Waals surface area contributed by atoms with Gasteiger partial charge in [0.15, 0.2) is 0 Å². The number of hydrogen-bond donors (Lipinski definition) is 1. The van der Waals surface area contributed by atoms with Crippen LogP contribution in [0.3, 0.4) is 0 Å². The molecule has 0 bridgehead atoms. The van der Waals surface area contributed by atoms with Crippen molar-refractivity contribution in [1.29, 1.82) is 0 Å². The molecule has 0 unspecified atom stereocenters. The smallest absolute Gasteiger partial charge is 0.139 e. The van der Waals surface area contributed by atoms with Crippen molar-refractivity contribution >= 4 is 10.8 Å². The van der Waals surface area contributed by atoms with Gasteiger partial charge in [0, 0.05) is 6.54 Å². The monoisotopic (exact) mass is 231 g/mol. The van der Waals surface area contributed by atoms with Crippen molar-refractivity contribution in [1.82, 2.24) is 0 Å². The molecule has 0 aliphatic heterocycles. The van der Waals surface area contributed by atoms with Crippen LogP contribution in [0.4, 0.5) is 4.39 Å². The lowest BCUT2D eigenvalue weighted by Crippen LogP contribution is -2.01. The third-order valence-corrected chi connectivity index (χ3v) is 2.44. The Hall–Kier alpha value is -1.87. The first-order valence-electron chi connectivity index (χ1n) is 5.46. The fourth-order valence-corrected chi connectivity index (χ4v) is 1.60. The minimum absolute atomic E-state index is 0.0739. The van der Waals surface area contributed by atoms with Crippen LogP contribution >= 0.6 is 0 Å². The van der Waals surface area contributed by atoms with E-state index in [4.69, 9.17) is 10.5 Å². The Morgan fingerprint density at radius 3 is 2.71 bits per heavy atom. The van der Waals surface area contributed by atoms with E-state index >= 15 is 0 Å². The maximum Gasteiger partial charge on any atom is 0.139 e. The van der Waals surface area contributed by atoms with Gasteiger partial charge >= 0.3 is 0 Å². The standard InChI is InChI=1S/C14H14FNO/c15-13(7-8-16)10-17-14-6-5-11-3-1-2-4-12(11)9-14/h1-7,9H,8,10,16H2/b13-7-. The van der Waals surface area contributed by atoms with Gasteiger partial charge in [-0.15, -0.1) is 0 Å². The number of halogens is 1. The van der Waals surface area contributed by atoms with Gasteiger partial charge in [0.2, 0.25) is 0 Å². The second kappa shape index (κ2) is 5.46. The van der Waals surface area contributed by atoms with E-state index in [1.807, 2.05) is 42.5 Å². The molecule has 2 N–H and O–H groups in total. The lowest BCUT2D eigenvalue weighted by molar-refractivity contribution is 0.318. The molecular formula is C14H14FNO. The predicted molar refractivity (Wildman–Crippen MR) is 67.7 cm³/mol. The van der Waals surface area contributed by atoms with E-state index in [0.717, 1.165) is 10.8 Å². The molecule has 88 valence electrons. The summed E-state index contributed by atoms with van der Waals surface area (Å²) in [4.78, 5) is 0. The molecule has 2 nitrogen and oxygen atoms in total. The topological polar surface area (TPSA) is 35.2 Å². The Bertz CT molecular complexity index is 536.